The van der Waals surface area contributed by atoms with Gasteiger partial charge in [-0.05, 0) is 25.0 Å². The highest BCUT2D eigenvalue weighted by molar-refractivity contribution is 6.31. The zero-order chi connectivity index (χ0) is 15.4. The summed E-state index contributed by atoms with van der Waals surface area (Å²) in [6, 6.07) is 5.20. The first-order chi connectivity index (χ1) is 10.7. The number of aromatic nitrogens is 2. The van der Waals surface area contributed by atoms with Gasteiger partial charge in [-0.25, -0.2) is 0 Å². The Labute approximate surface area is 133 Å². The molecule has 2 aromatic heterocycles. The van der Waals surface area contributed by atoms with Crippen molar-refractivity contribution in [2.45, 2.75) is 18.9 Å². The molecule has 114 valence electrons. The van der Waals surface area contributed by atoms with Crippen molar-refractivity contribution in [1.29, 1.82) is 0 Å². The minimum absolute atomic E-state index is 0.0107. The molecular weight excluding hydrogens is 302 g/mol. The number of hydrogen-bond acceptors (Lipinski definition) is 4. The van der Waals surface area contributed by atoms with Gasteiger partial charge in [0.05, 0.1) is 6.54 Å². The van der Waals surface area contributed by atoms with Crippen LogP contribution in [0.4, 0.5) is 0 Å². The van der Waals surface area contributed by atoms with E-state index >= 15 is 0 Å². The van der Waals surface area contributed by atoms with Crippen molar-refractivity contribution in [2.24, 2.45) is 0 Å². The van der Waals surface area contributed by atoms with Gasteiger partial charge in [0.1, 0.15) is 16.9 Å². The first-order valence-electron chi connectivity index (χ1n) is 7.19. The van der Waals surface area contributed by atoms with E-state index in [1.54, 1.807) is 43.0 Å². The van der Waals surface area contributed by atoms with Crippen molar-refractivity contribution >= 4 is 17.5 Å². The smallest absolute Gasteiger partial charge is 0.254 e. The molecule has 0 aromatic carbocycles. The summed E-state index contributed by atoms with van der Waals surface area (Å²) in [5.74, 6) is 0.622. The molecule has 3 heterocycles. The Balaban J connectivity index is 1.67. The van der Waals surface area contributed by atoms with Gasteiger partial charge in [-0.2, -0.15) is 0 Å². The highest BCUT2D eigenvalue weighted by atomic mass is 35.5. The summed E-state index contributed by atoms with van der Waals surface area (Å²) in [5.41, 5.74) is 0.651. The van der Waals surface area contributed by atoms with E-state index < -0.39 is 0 Å². The summed E-state index contributed by atoms with van der Waals surface area (Å²) >= 11 is 6.06. The van der Waals surface area contributed by atoms with E-state index in [1.165, 1.54) is 0 Å². The highest BCUT2D eigenvalue weighted by Gasteiger charge is 2.26. The number of nitrogens with zero attached hydrogens (tertiary/aromatic N) is 3. The van der Waals surface area contributed by atoms with Crippen molar-refractivity contribution in [2.75, 3.05) is 13.1 Å². The average Bonchev–Trinajstić information content (AvgIpc) is 2.57. The second-order valence-electron chi connectivity index (χ2n) is 5.18. The topological polar surface area (TPSA) is 55.3 Å². The van der Waals surface area contributed by atoms with E-state index in [0.717, 1.165) is 19.4 Å². The Kier molecular flexibility index (Phi) is 4.53. The van der Waals surface area contributed by atoms with Gasteiger partial charge in [0, 0.05) is 43.0 Å². The molecule has 2 aromatic rings. The van der Waals surface area contributed by atoms with Gasteiger partial charge >= 0.3 is 0 Å². The van der Waals surface area contributed by atoms with E-state index in [9.17, 15) is 4.79 Å². The van der Waals surface area contributed by atoms with Crippen LogP contribution in [0.15, 0.2) is 43.0 Å². The standard InChI is InChI=1S/C16H16ClN3O2/c17-14-10-19-8-5-15(14)22-13-2-1-9-20(11-13)16(21)12-3-6-18-7-4-12/h3-8,10,13H,1-2,9,11H2/t13-/m1/s1. The third kappa shape index (κ3) is 3.36. The minimum atomic E-state index is -0.0561. The molecule has 0 radical (unpaired) electrons. The van der Waals surface area contributed by atoms with Crippen LogP contribution in [0.25, 0.3) is 0 Å². The van der Waals surface area contributed by atoms with E-state index in [0.29, 0.717) is 22.9 Å². The number of pyridine rings is 2. The van der Waals surface area contributed by atoms with Crippen LogP contribution < -0.4 is 4.74 Å². The number of ether oxygens (including phenoxy) is 1. The predicted octanol–water partition coefficient (Wildman–Crippen LogP) is 2.81. The maximum absolute atomic E-state index is 12.5. The lowest BCUT2D eigenvalue weighted by Crippen LogP contribution is -2.44. The zero-order valence-corrected chi connectivity index (χ0v) is 12.7. The molecule has 5 nitrogen and oxygen atoms in total. The van der Waals surface area contributed by atoms with Crippen LogP contribution in [0.2, 0.25) is 5.02 Å². The number of carbonyl (C=O) groups is 1. The second kappa shape index (κ2) is 6.75. The van der Waals surface area contributed by atoms with Crippen molar-refractivity contribution in [3.8, 4) is 5.75 Å². The molecule has 1 saturated heterocycles. The van der Waals surface area contributed by atoms with Gasteiger partial charge in [-0.1, -0.05) is 11.6 Å². The van der Waals surface area contributed by atoms with Crippen molar-refractivity contribution < 1.29 is 9.53 Å². The number of halogens is 1. The fraction of sp³-hybridized carbons (Fsp3) is 0.312. The molecule has 1 atom stereocenters. The molecule has 1 aliphatic heterocycles. The lowest BCUT2D eigenvalue weighted by Gasteiger charge is -2.33. The highest BCUT2D eigenvalue weighted by Crippen LogP contribution is 2.25. The normalized spacial score (nSPS) is 18.0. The monoisotopic (exact) mass is 317 g/mol. The van der Waals surface area contributed by atoms with Crippen LogP contribution in [-0.2, 0) is 0 Å². The van der Waals surface area contributed by atoms with Gasteiger partial charge in [0.25, 0.3) is 5.91 Å². The lowest BCUT2D eigenvalue weighted by molar-refractivity contribution is 0.0538. The molecule has 0 aliphatic carbocycles. The number of amides is 1. The number of likely N-dealkylation sites (tertiary alicyclic amines) is 1. The van der Waals surface area contributed by atoms with Gasteiger partial charge in [-0.15, -0.1) is 0 Å². The number of piperidine rings is 1. The SMILES string of the molecule is O=C(c1ccncc1)N1CCC[C@@H](Oc2ccncc2Cl)C1. The molecule has 22 heavy (non-hydrogen) atoms. The summed E-state index contributed by atoms with van der Waals surface area (Å²) in [7, 11) is 0. The largest absolute Gasteiger partial charge is 0.487 e. The molecule has 1 aliphatic rings. The Morgan fingerprint density at radius 3 is 2.77 bits per heavy atom. The van der Waals surface area contributed by atoms with Crippen LogP contribution in [0.3, 0.4) is 0 Å². The molecule has 0 spiro atoms. The van der Waals surface area contributed by atoms with Gasteiger partial charge in [-0.3, -0.25) is 14.8 Å². The fourth-order valence-corrected chi connectivity index (χ4v) is 2.70. The summed E-state index contributed by atoms with van der Waals surface area (Å²) in [4.78, 5) is 22.2. The second-order valence-corrected chi connectivity index (χ2v) is 5.58. The molecule has 0 bridgehead atoms. The van der Waals surface area contributed by atoms with E-state index in [1.807, 2.05) is 4.90 Å². The minimum Gasteiger partial charge on any atom is -0.487 e. The molecule has 6 heteroatoms. The summed E-state index contributed by atoms with van der Waals surface area (Å²) in [5, 5.41) is 0.486. The van der Waals surface area contributed by atoms with Crippen LogP contribution in [-0.4, -0.2) is 40.0 Å². The molecule has 3 rings (SSSR count). The Hall–Kier alpha value is -2.14. The third-order valence-electron chi connectivity index (χ3n) is 3.62. The van der Waals surface area contributed by atoms with Crippen molar-refractivity contribution in [1.82, 2.24) is 14.9 Å². The first-order valence-corrected chi connectivity index (χ1v) is 7.57. The molecule has 1 amide bonds. The third-order valence-corrected chi connectivity index (χ3v) is 3.91. The zero-order valence-electron chi connectivity index (χ0n) is 12.0. The van der Waals surface area contributed by atoms with E-state index in [2.05, 4.69) is 9.97 Å². The Bertz CT molecular complexity index is 651. The number of rotatable bonds is 3. The lowest BCUT2D eigenvalue weighted by atomic mass is 10.1. The molecule has 0 saturated carbocycles. The molecule has 0 N–H and O–H groups in total. The first kappa shape index (κ1) is 14.8. The van der Waals surface area contributed by atoms with E-state index in [-0.39, 0.29) is 12.0 Å². The molecular formula is C16H16ClN3O2. The van der Waals surface area contributed by atoms with Gasteiger partial charge < -0.3 is 9.64 Å². The van der Waals surface area contributed by atoms with E-state index in [4.69, 9.17) is 16.3 Å². The quantitative estimate of drug-likeness (QED) is 0.873. The summed E-state index contributed by atoms with van der Waals surface area (Å²) in [6.45, 7) is 1.30. The van der Waals surface area contributed by atoms with Crippen molar-refractivity contribution in [3.05, 3.63) is 53.6 Å². The Morgan fingerprint density at radius 1 is 1.23 bits per heavy atom. The predicted molar refractivity (Wildman–Crippen MR) is 83.0 cm³/mol. The number of carbonyl (C=O) groups excluding carboxylic acids is 1. The Morgan fingerprint density at radius 2 is 2.00 bits per heavy atom. The summed E-state index contributed by atoms with van der Waals surface area (Å²) in [6.07, 6.45) is 8.20. The van der Waals surface area contributed by atoms with Crippen LogP contribution in [0.5, 0.6) is 5.75 Å². The molecule has 0 unspecified atom stereocenters. The number of hydrogen-bond donors (Lipinski definition) is 0. The van der Waals surface area contributed by atoms with Crippen LogP contribution >= 0.6 is 11.6 Å². The van der Waals surface area contributed by atoms with Gasteiger partial charge in [0.2, 0.25) is 0 Å². The summed E-state index contributed by atoms with van der Waals surface area (Å²) < 4.78 is 5.92. The van der Waals surface area contributed by atoms with Crippen molar-refractivity contribution in [3.63, 3.8) is 0 Å². The maximum atomic E-state index is 12.5. The van der Waals surface area contributed by atoms with Crippen LogP contribution in [0, 0.1) is 0 Å². The van der Waals surface area contributed by atoms with Gasteiger partial charge in [0.15, 0.2) is 0 Å². The fourth-order valence-electron chi connectivity index (χ4n) is 2.53. The average molecular weight is 318 g/mol. The maximum Gasteiger partial charge on any atom is 0.254 e. The molecule has 1 fully saturated rings. The van der Waals surface area contributed by atoms with Crippen LogP contribution in [0.1, 0.15) is 23.2 Å².